The third kappa shape index (κ3) is 2.44. The van der Waals surface area contributed by atoms with Gasteiger partial charge in [-0.15, -0.1) is 0 Å². The Morgan fingerprint density at radius 2 is 1.95 bits per heavy atom. The van der Waals surface area contributed by atoms with Crippen LogP contribution in [-0.2, 0) is 21.4 Å². The molecule has 2 nitrogen and oxygen atoms in total. The molecule has 2 aliphatic rings. The molecular weight excluding hydrogens is 316 g/mol. The molecule has 106 valence electrons. The summed E-state index contributed by atoms with van der Waals surface area (Å²) in [6.45, 7) is 0. The van der Waals surface area contributed by atoms with Crippen molar-refractivity contribution >= 4 is 21.9 Å². The van der Waals surface area contributed by atoms with E-state index in [0.717, 1.165) is 25.7 Å². The Balaban J connectivity index is 1.79. The minimum atomic E-state index is -0.216. The molecule has 0 bridgehead atoms. The van der Waals surface area contributed by atoms with Crippen LogP contribution in [0.3, 0.4) is 0 Å². The van der Waals surface area contributed by atoms with Gasteiger partial charge in [-0.25, -0.2) is 4.79 Å². The minimum absolute atomic E-state index is 0.216. The molecule has 2 aliphatic carbocycles. The number of carbonyl (C=O) groups is 1. The maximum absolute atomic E-state index is 11.3. The number of halogens is 1. The number of aryl methyl sites for hydroxylation is 1. The van der Waals surface area contributed by atoms with Crippen molar-refractivity contribution in [2.45, 2.75) is 43.9 Å². The van der Waals surface area contributed by atoms with Crippen molar-refractivity contribution in [3.63, 3.8) is 0 Å². The summed E-state index contributed by atoms with van der Waals surface area (Å²) in [4.78, 5) is 11.3. The molecule has 1 spiro atoms. The number of benzene rings is 1. The van der Waals surface area contributed by atoms with Crippen LogP contribution in [0.1, 0.15) is 43.2 Å². The van der Waals surface area contributed by atoms with Crippen LogP contribution >= 0.6 is 15.9 Å². The quantitative estimate of drug-likeness (QED) is 0.565. The van der Waals surface area contributed by atoms with Crippen LogP contribution in [0.15, 0.2) is 34.3 Å². The number of fused-ring (bicyclic) bond motifs is 2. The van der Waals surface area contributed by atoms with Crippen molar-refractivity contribution in [1.82, 2.24) is 0 Å². The molecule has 0 unspecified atom stereocenters. The molecule has 0 heterocycles. The maximum atomic E-state index is 11.3. The van der Waals surface area contributed by atoms with Gasteiger partial charge < -0.3 is 4.74 Å². The largest absolute Gasteiger partial charge is 0.466 e. The Morgan fingerprint density at radius 1 is 1.25 bits per heavy atom. The summed E-state index contributed by atoms with van der Waals surface area (Å²) in [6, 6.07) is 6.72. The topological polar surface area (TPSA) is 26.3 Å². The molecule has 0 amide bonds. The van der Waals surface area contributed by atoms with E-state index in [4.69, 9.17) is 4.74 Å². The second-order valence-corrected chi connectivity index (χ2v) is 6.82. The molecule has 1 aromatic rings. The maximum Gasteiger partial charge on any atom is 0.330 e. The van der Waals surface area contributed by atoms with E-state index in [9.17, 15) is 4.79 Å². The fourth-order valence-electron chi connectivity index (χ4n) is 3.73. The SMILES string of the molecule is COC(=O)C=C1CCC2(CC1)CCc1cc(Br)ccc12. The molecule has 0 aliphatic heterocycles. The summed E-state index contributed by atoms with van der Waals surface area (Å²) in [7, 11) is 1.44. The highest BCUT2D eigenvalue weighted by atomic mass is 79.9. The summed E-state index contributed by atoms with van der Waals surface area (Å²) in [5.74, 6) is -0.216. The molecule has 20 heavy (non-hydrogen) atoms. The molecule has 0 atom stereocenters. The first-order valence-electron chi connectivity index (χ1n) is 7.19. The summed E-state index contributed by atoms with van der Waals surface area (Å²) in [6.07, 6.45) is 8.48. The van der Waals surface area contributed by atoms with Gasteiger partial charge in [0.25, 0.3) is 0 Å². The van der Waals surface area contributed by atoms with Gasteiger partial charge in [-0.05, 0) is 67.2 Å². The standard InChI is InChI=1S/C17H19BrO2/c1-20-16(19)10-12-4-7-17(8-5-12)9-6-13-11-14(18)2-3-15(13)17/h2-3,10-11H,4-9H2,1H3. The average molecular weight is 335 g/mol. The second kappa shape index (κ2) is 5.36. The van der Waals surface area contributed by atoms with E-state index in [1.54, 1.807) is 6.08 Å². The van der Waals surface area contributed by atoms with Crippen LogP contribution in [0.25, 0.3) is 0 Å². The first kappa shape index (κ1) is 13.9. The summed E-state index contributed by atoms with van der Waals surface area (Å²) >= 11 is 3.56. The van der Waals surface area contributed by atoms with Crippen molar-refractivity contribution in [3.8, 4) is 0 Å². The van der Waals surface area contributed by atoms with Crippen molar-refractivity contribution < 1.29 is 9.53 Å². The van der Waals surface area contributed by atoms with Crippen LogP contribution in [0.4, 0.5) is 0 Å². The predicted octanol–water partition coefficient (Wildman–Crippen LogP) is 4.31. The lowest BCUT2D eigenvalue weighted by Gasteiger charge is -2.35. The molecule has 0 N–H and O–H groups in total. The fourth-order valence-corrected chi connectivity index (χ4v) is 4.14. The number of allylic oxidation sites excluding steroid dienone is 1. The number of rotatable bonds is 1. The molecule has 0 saturated heterocycles. The normalized spacial score (nSPS) is 24.6. The summed E-state index contributed by atoms with van der Waals surface area (Å²) in [5, 5.41) is 0. The number of ether oxygens (including phenoxy) is 1. The van der Waals surface area contributed by atoms with Gasteiger partial charge in [0.1, 0.15) is 0 Å². The van der Waals surface area contributed by atoms with E-state index < -0.39 is 0 Å². The van der Waals surface area contributed by atoms with Gasteiger partial charge >= 0.3 is 5.97 Å². The van der Waals surface area contributed by atoms with Gasteiger partial charge in [0.2, 0.25) is 0 Å². The van der Waals surface area contributed by atoms with Crippen LogP contribution in [0.5, 0.6) is 0 Å². The Labute approximate surface area is 128 Å². The molecule has 3 heteroatoms. The van der Waals surface area contributed by atoms with Gasteiger partial charge in [-0.3, -0.25) is 0 Å². The molecule has 1 fully saturated rings. The number of hydrogen-bond acceptors (Lipinski definition) is 2. The second-order valence-electron chi connectivity index (χ2n) is 5.91. The zero-order valence-electron chi connectivity index (χ0n) is 11.7. The highest BCUT2D eigenvalue weighted by molar-refractivity contribution is 9.10. The highest BCUT2D eigenvalue weighted by Gasteiger charge is 2.40. The van der Waals surface area contributed by atoms with Crippen molar-refractivity contribution in [2.24, 2.45) is 0 Å². The van der Waals surface area contributed by atoms with Gasteiger partial charge in [0.05, 0.1) is 7.11 Å². The molecule has 0 radical (unpaired) electrons. The summed E-state index contributed by atoms with van der Waals surface area (Å²) < 4.78 is 5.90. The van der Waals surface area contributed by atoms with Gasteiger partial charge in [-0.1, -0.05) is 27.6 Å². The lowest BCUT2D eigenvalue weighted by atomic mass is 9.69. The first-order chi connectivity index (χ1) is 9.63. The third-order valence-corrected chi connectivity index (χ3v) is 5.38. The highest BCUT2D eigenvalue weighted by Crippen LogP contribution is 2.50. The van der Waals surface area contributed by atoms with Crippen molar-refractivity contribution in [1.29, 1.82) is 0 Å². The van der Waals surface area contributed by atoms with E-state index in [1.165, 1.54) is 41.1 Å². The zero-order valence-corrected chi connectivity index (χ0v) is 13.3. The van der Waals surface area contributed by atoms with Gasteiger partial charge in [-0.2, -0.15) is 0 Å². The van der Waals surface area contributed by atoms with Gasteiger partial charge in [0, 0.05) is 10.5 Å². The van der Waals surface area contributed by atoms with Crippen LogP contribution in [0, 0.1) is 0 Å². The smallest absolute Gasteiger partial charge is 0.330 e. The molecule has 3 rings (SSSR count). The van der Waals surface area contributed by atoms with E-state index in [-0.39, 0.29) is 5.97 Å². The Morgan fingerprint density at radius 3 is 2.65 bits per heavy atom. The molecule has 1 saturated carbocycles. The molecular formula is C17H19BrO2. The Bertz CT molecular complexity index is 564. The van der Waals surface area contributed by atoms with E-state index in [1.807, 2.05) is 0 Å². The molecule has 0 aromatic heterocycles. The van der Waals surface area contributed by atoms with E-state index >= 15 is 0 Å². The average Bonchev–Trinajstić information content (AvgIpc) is 2.79. The van der Waals surface area contributed by atoms with Gasteiger partial charge in [0.15, 0.2) is 0 Å². The fraction of sp³-hybridized carbons (Fsp3) is 0.471. The van der Waals surface area contributed by atoms with Crippen LogP contribution in [-0.4, -0.2) is 13.1 Å². The lowest BCUT2D eigenvalue weighted by Crippen LogP contribution is -2.27. The Kier molecular flexibility index (Phi) is 3.72. The minimum Gasteiger partial charge on any atom is -0.466 e. The number of esters is 1. The third-order valence-electron chi connectivity index (χ3n) is 4.88. The van der Waals surface area contributed by atoms with E-state index in [0.29, 0.717) is 5.41 Å². The number of hydrogen-bond donors (Lipinski definition) is 0. The van der Waals surface area contributed by atoms with Crippen LogP contribution < -0.4 is 0 Å². The predicted molar refractivity (Wildman–Crippen MR) is 82.7 cm³/mol. The zero-order chi connectivity index (χ0) is 14.2. The number of methoxy groups -OCH3 is 1. The van der Waals surface area contributed by atoms with E-state index in [2.05, 4.69) is 34.1 Å². The first-order valence-corrected chi connectivity index (χ1v) is 7.99. The van der Waals surface area contributed by atoms with Crippen LogP contribution in [0.2, 0.25) is 0 Å². The lowest BCUT2D eigenvalue weighted by molar-refractivity contribution is -0.134. The number of carbonyl (C=O) groups excluding carboxylic acids is 1. The van der Waals surface area contributed by atoms with Crippen molar-refractivity contribution in [3.05, 3.63) is 45.4 Å². The summed E-state index contributed by atoms with van der Waals surface area (Å²) in [5.41, 5.74) is 4.63. The Hall–Kier alpha value is -1.09. The monoisotopic (exact) mass is 334 g/mol. The molecule has 1 aromatic carbocycles. The van der Waals surface area contributed by atoms with Crippen molar-refractivity contribution in [2.75, 3.05) is 7.11 Å².